The molecule has 0 bridgehead atoms. The summed E-state index contributed by atoms with van der Waals surface area (Å²) in [6.45, 7) is -1.07. The average molecular weight is 266 g/mol. The predicted molar refractivity (Wildman–Crippen MR) is 58.3 cm³/mol. The Hall–Kier alpha value is -1.22. The smallest absolute Gasteiger partial charge is 0.335 e. The van der Waals surface area contributed by atoms with Crippen molar-refractivity contribution in [1.82, 2.24) is 0 Å². The number of carbonyl (C=O) groups is 2. The minimum absolute atomic E-state index is 0.195. The second-order valence-electron chi connectivity index (χ2n) is 3.54. The summed E-state index contributed by atoms with van der Waals surface area (Å²) in [5.74, 6) is -3.69. The van der Waals surface area contributed by atoms with Crippen LogP contribution in [0.2, 0.25) is 0 Å². The second kappa shape index (κ2) is 8.81. The van der Waals surface area contributed by atoms with Crippen LogP contribution in [-0.4, -0.2) is 73.5 Å². The van der Waals surface area contributed by atoms with Crippen LogP contribution in [0.15, 0.2) is 0 Å². The van der Waals surface area contributed by atoms with E-state index in [1.807, 2.05) is 0 Å². The van der Waals surface area contributed by atoms with Crippen molar-refractivity contribution in [3.63, 3.8) is 0 Å². The Bertz CT molecular complexity index is 267. The monoisotopic (exact) mass is 266 g/mol. The van der Waals surface area contributed by atoms with Crippen molar-refractivity contribution >= 4 is 11.9 Å². The van der Waals surface area contributed by atoms with Crippen LogP contribution in [0.1, 0.15) is 0 Å². The number of aliphatic hydroxyl groups excluding tert-OH is 1. The zero-order valence-corrected chi connectivity index (χ0v) is 10.2. The molecular weight excluding hydrogens is 248 g/mol. The molecular formula is C10H18O8. The molecule has 0 fully saturated rings. The summed E-state index contributed by atoms with van der Waals surface area (Å²) in [6, 6.07) is 0. The van der Waals surface area contributed by atoms with Crippen LogP contribution in [-0.2, 0) is 23.8 Å². The highest BCUT2D eigenvalue weighted by Crippen LogP contribution is 2.12. The highest BCUT2D eigenvalue weighted by molar-refractivity contribution is 5.73. The van der Waals surface area contributed by atoms with Crippen molar-refractivity contribution < 1.29 is 39.1 Å². The Kier molecular flexibility index (Phi) is 8.21. The molecule has 0 aliphatic heterocycles. The van der Waals surface area contributed by atoms with E-state index in [0.29, 0.717) is 0 Å². The van der Waals surface area contributed by atoms with Gasteiger partial charge in [0.1, 0.15) is 5.92 Å². The number of aliphatic hydroxyl groups is 1. The quantitative estimate of drug-likeness (QED) is 0.451. The lowest BCUT2D eigenvalue weighted by Gasteiger charge is -2.25. The van der Waals surface area contributed by atoms with Gasteiger partial charge in [-0.25, -0.2) is 4.79 Å². The summed E-state index contributed by atoms with van der Waals surface area (Å²) in [7, 11) is 2.59. The summed E-state index contributed by atoms with van der Waals surface area (Å²) in [6.07, 6.45) is -2.52. The maximum Gasteiger partial charge on any atom is 0.335 e. The van der Waals surface area contributed by atoms with E-state index in [2.05, 4.69) is 4.74 Å². The first-order valence-electron chi connectivity index (χ1n) is 5.17. The number of hydrogen-bond acceptors (Lipinski definition) is 6. The highest BCUT2D eigenvalue weighted by atomic mass is 16.6. The van der Waals surface area contributed by atoms with Gasteiger partial charge >= 0.3 is 11.9 Å². The van der Waals surface area contributed by atoms with E-state index in [4.69, 9.17) is 24.8 Å². The van der Waals surface area contributed by atoms with Gasteiger partial charge in [-0.3, -0.25) is 4.79 Å². The molecule has 0 saturated carbocycles. The van der Waals surface area contributed by atoms with Crippen LogP contribution in [0.4, 0.5) is 0 Å². The van der Waals surface area contributed by atoms with Crippen molar-refractivity contribution in [2.75, 3.05) is 34.0 Å². The van der Waals surface area contributed by atoms with E-state index in [-0.39, 0.29) is 13.2 Å². The summed E-state index contributed by atoms with van der Waals surface area (Å²) in [5.41, 5.74) is 0. The molecule has 0 spiro atoms. The van der Waals surface area contributed by atoms with E-state index < -0.39 is 36.7 Å². The molecule has 0 saturated heterocycles. The molecule has 3 atom stereocenters. The van der Waals surface area contributed by atoms with Crippen LogP contribution >= 0.6 is 0 Å². The number of rotatable bonds is 10. The first-order chi connectivity index (χ1) is 8.47. The van der Waals surface area contributed by atoms with Gasteiger partial charge in [0.15, 0.2) is 6.10 Å². The third-order valence-corrected chi connectivity index (χ3v) is 2.22. The van der Waals surface area contributed by atoms with Gasteiger partial charge in [0.25, 0.3) is 0 Å². The van der Waals surface area contributed by atoms with E-state index >= 15 is 0 Å². The molecule has 0 rings (SSSR count). The van der Waals surface area contributed by atoms with Crippen molar-refractivity contribution in [2.24, 2.45) is 5.92 Å². The van der Waals surface area contributed by atoms with Crippen LogP contribution in [0, 0.1) is 5.92 Å². The molecule has 3 N–H and O–H groups in total. The van der Waals surface area contributed by atoms with Crippen LogP contribution in [0.3, 0.4) is 0 Å². The van der Waals surface area contributed by atoms with Gasteiger partial charge in [-0.15, -0.1) is 0 Å². The Morgan fingerprint density at radius 3 is 1.94 bits per heavy atom. The fourth-order valence-corrected chi connectivity index (χ4v) is 1.31. The molecule has 106 valence electrons. The Morgan fingerprint density at radius 1 is 1.06 bits per heavy atom. The lowest BCUT2D eigenvalue weighted by Crippen LogP contribution is -2.42. The molecule has 8 heteroatoms. The van der Waals surface area contributed by atoms with Gasteiger partial charge in [0, 0.05) is 14.2 Å². The number of ether oxygens (including phenoxy) is 3. The Balaban J connectivity index is 4.71. The molecule has 0 amide bonds. The molecule has 3 unspecified atom stereocenters. The first kappa shape index (κ1) is 16.8. The maximum absolute atomic E-state index is 10.9. The fourth-order valence-electron chi connectivity index (χ4n) is 1.31. The van der Waals surface area contributed by atoms with Crippen LogP contribution in [0.5, 0.6) is 0 Å². The number of aliphatic carboxylic acids is 2. The third kappa shape index (κ3) is 5.41. The summed E-state index contributed by atoms with van der Waals surface area (Å²) >= 11 is 0. The van der Waals surface area contributed by atoms with Crippen LogP contribution in [0.25, 0.3) is 0 Å². The van der Waals surface area contributed by atoms with Gasteiger partial charge in [0.05, 0.1) is 25.9 Å². The summed E-state index contributed by atoms with van der Waals surface area (Å²) < 4.78 is 14.4. The summed E-state index contributed by atoms with van der Waals surface area (Å²) in [4.78, 5) is 21.8. The normalized spacial score (nSPS) is 15.9. The minimum Gasteiger partial charge on any atom is -0.481 e. The molecule has 0 aromatic carbocycles. The van der Waals surface area contributed by atoms with Gasteiger partial charge in [-0.1, -0.05) is 0 Å². The zero-order valence-electron chi connectivity index (χ0n) is 10.2. The van der Waals surface area contributed by atoms with Gasteiger partial charge < -0.3 is 29.5 Å². The van der Waals surface area contributed by atoms with Gasteiger partial charge in [0.2, 0.25) is 0 Å². The van der Waals surface area contributed by atoms with E-state index in [0.717, 1.165) is 0 Å². The van der Waals surface area contributed by atoms with E-state index in [1.165, 1.54) is 14.2 Å². The lowest BCUT2D eigenvalue weighted by molar-refractivity contribution is -0.173. The van der Waals surface area contributed by atoms with Gasteiger partial charge in [-0.05, 0) is 0 Å². The highest BCUT2D eigenvalue weighted by Gasteiger charge is 2.32. The topological polar surface area (TPSA) is 123 Å². The Morgan fingerprint density at radius 2 is 1.61 bits per heavy atom. The molecule has 18 heavy (non-hydrogen) atoms. The standard InChI is InChI=1S/C10H18O8/c1-16-4-6(9(12)13)7(3-11)18-8(5-17-2)10(14)15/h6-8,11H,3-5H2,1-2H3,(H,12,13)(H,14,15). The van der Waals surface area contributed by atoms with E-state index in [1.54, 1.807) is 0 Å². The fraction of sp³-hybridized carbons (Fsp3) is 0.800. The number of hydrogen-bond donors (Lipinski definition) is 3. The molecule has 0 aromatic rings. The van der Waals surface area contributed by atoms with Crippen LogP contribution < -0.4 is 0 Å². The first-order valence-corrected chi connectivity index (χ1v) is 5.17. The molecule has 0 aromatic heterocycles. The minimum atomic E-state index is -1.34. The molecule has 0 aliphatic rings. The van der Waals surface area contributed by atoms with Crippen molar-refractivity contribution in [3.05, 3.63) is 0 Å². The summed E-state index contributed by atoms with van der Waals surface area (Å²) in [5, 5.41) is 26.9. The predicted octanol–water partition coefficient (Wildman–Crippen LogP) is -1.19. The van der Waals surface area contributed by atoms with Crippen molar-refractivity contribution in [1.29, 1.82) is 0 Å². The molecule has 0 heterocycles. The largest absolute Gasteiger partial charge is 0.481 e. The maximum atomic E-state index is 10.9. The second-order valence-corrected chi connectivity index (χ2v) is 3.54. The molecule has 8 nitrogen and oxygen atoms in total. The number of methoxy groups -OCH3 is 2. The third-order valence-electron chi connectivity index (χ3n) is 2.22. The molecule has 0 radical (unpaired) electrons. The number of carboxylic acids is 2. The SMILES string of the molecule is COCC(OC(CO)C(COC)C(=O)O)C(=O)O. The Labute approximate surface area is 104 Å². The van der Waals surface area contributed by atoms with Gasteiger partial charge in [-0.2, -0.15) is 0 Å². The number of carboxylic acid groups (broad SMARTS) is 2. The lowest BCUT2D eigenvalue weighted by atomic mass is 10.0. The van der Waals surface area contributed by atoms with Crippen molar-refractivity contribution in [2.45, 2.75) is 12.2 Å². The zero-order chi connectivity index (χ0) is 14.1. The van der Waals surface area contributed by atoms with Crippen molar-refractivity contribution in [3.8, 4) is 0 Å². The average Bonchev–Trinajstić information content (AvgIpc) is 2.31. The molecule has 0 aliphatic carbocycles. The van der Waals surface area contributed by atoms with E-state index in [9.17, 15) is 9.59 Å².